The first kappa shape index (κ1) is 24.7. The highest BCUT2D eigenvalue weighted by molar-refractivity contribution is 5.46. The molecule has 0 saturated heterocycles. The lowest BCUT2D eigenvalue weighted by molar-refractivity contribution is 0.0839. The van der Waals surface area contributed by atoms with E-state index in [0.717, 1.165) is 22.3 Å². The van der Waals surface area contributed by atoms with Crippen LogP contribution in [0.3, 0.4) is 0 Å². The van der Waals surface area contributed by atoms with Crippen LogP contribution in [0.25, 0.3) is 0 Å². The van der Waals surface area contributed by atoms with Crippen molar-refractivity contribution < 1.29 is 19.7 Å². The van der Waals surface area contributed by atoms with Gasteiger partial charge in [0.1, 0.15) is 13.2 Å². The summed E-state index contributed by atoms with van der Waals surface area (Å²) in [6.45, 7) is 8.66. The van der Waals surface area contributed by atoms with Crippen molar-refractivity contribution >= 4 is 0 Å². The standard InChI is InChI=1S/C27H36O4/c1-5-15-30-19-23(28)17-21-11-7-9-13-25(21)27(3,4)26-14-10-8-12-22(26)18-24(29)20-31-16-6-2/h5-16,23-24,28-29H,17-20H2,1-4H3. The van der Waals surface area contributed by atoms with Gasteiger partial charge in [0.15, 0.2) is 0 Å². The summed E-state index contributed by atoms with van der Waals surface area (Å²) in [5.41, 5.74) is 4.20. The van der Waals surface area contributed by atoms with Crippen molar-refractivity contribution in [1.29, 1.82) is 0 Å². The third-order valence-electron chi connectivity index (χ3n) is 5.33. The molecule has 4 heteroatoms. The van der Waals surface area contributed by atoms with Gasteiger partial charge in [0.05, 0.1) is 24.7 Å². The summed E-state index contributed by atoms with van der Waals surface area (Å²) in [5.74, 6) is 0. The van der Waals surface area contributed by atoms with Crippen LogP contribution in [-0.2, 0) is 27.7 Å². The van der Waals surface area contributed by atoms with Gasteiger partial charge < -0.3 is 19.7 Å². The molecule has 0 bridgehead atoms. The van der Waals surface area contributed by atoms with Gasteiger partial charge in [-0.3, -0.25) is 0 Å². The van der Waals surface area contributed by atoms with E-state index in [9.17, 15) is 10.2 Å². The Morgan fingerprint density at radius 2 is 1.13 bits per heavy atom. The Morgan fingerprint density at radius 3 is 1.52 bits per heavy atom. The Morgan fingerprint density at radius 1 is 0.742 bits per heavy atom. The average molecular weight is 425 g/mol. The molecule has 2 unspecified atom stereocenters. The van der Waals surface area contributed by atoms with E-state index in [-0.39, 0.29) is 18.6 Å². The number of hydrogen-bond acceptors (Lipinski definition) is 4. The monoisotopic (exact) mass is 424 g/mol. The second-order valence-corrected chi connectivity index (χ2v) is 8.26. The maximum absolute atomic E-state index is 10.5. The SMILES string of the molecule is CC=COCC(O)Cc1ccccc1C(C)(C)c1ccccc1CC(O)COC=CC. The van der Waals surface area contributed by atoms with Crippen LogP contribution in [0.5, 0.6) is 0 Å². The first-order valence-electron chi connectivity index (χ1n) is 10.9. The van der Waals surface area contributed by atoms with Gasteiger partial charge in [-0.25, -0.2) is 0 Å². The van der Waals surface area contributed by atoms with Crippen molar-refractivity contribution in [1.82, 2.24) is 0 Å². The zero-order valence-corrected chi connectivity index (χ0v) is 19.1. The predicted molar refractivity (Wildman–Crippen MR) is 126 cm³/mol. The highest BCUT2D eigenvalue weighted by atomic mass is 16.5. The number of aliphatic hydroxyl groups is 2. The Labute approximate surface area is 186 Å². The largest absolute Gasteiger partial charge is 0.499 e. The van der Waals surface area contributed by atoms with E-state index >= 15 is 0 Å². The van der Waals surface area contributed by atoms with Crippen LogP contribution in [0.4, 0.5) is 0 Å². The van der Waals surface area contributed by atoms with Crippen LogP contribution in [0, 0.1) is 0 Å². The molecule has 0 aliphatic rings. The van der Waals surface area contributed by atoms with Crippen molar-refractivity contribution in [3.8, 4) is 0 Å². The van der Waals surface area contributed by atoms with Crippen LogP contribution in [0.15, 0.2) is 73.2 Å². The van der Waals surface area contributed by atoms with Gasteiger partial charge in [-0.2, -0.15) is 0 Å². The zero-order valence-electron chi connectivity index (χ0n) is 19.1. The summed E-state index contributed by atoms with van der Waals surface area (Å²) >= 11 is 0. The van der Waals surface area contributed by atoms with E-state index in [1.807, 2.05) is 38.1 Å². The molecule has 4 nitrogen and oxygen atoms in total. The Kier molecular flexibility index (Phi) is 9.83. The van der Waals surface area contributed by atoms with Crippen molar-refractivity contribution in [2.24, 2.45) is 0 Å². The average Bonchev–Trinajstić information content (AvgIpc) is 2.74. The lowest BCUT2D eigenvalue weighted by Gasteiger charge is -2.31. The summed E-state index contributed by atoms with van der Waals surface area (Å²) in [5, 5.41) is 20.9. The van der Waals surface area contributed by atoms with Gasteiger partial charge in [-0.15, -0.1) is 0 Å². The van der Waals surface area contributed by atoms with Gasteiger partial charge in [-0.1, -0.05) is 74.5 Å². The Hall–Kier alpha value is -2.56. The van der Waals surface area contributed by atoms with E-state index in [0.29, 0.717) is 12.8 Å². The number of hydrogen-bond donors (Lipinski definition) is 2. The summed E-state index contributed by atoms with van der Waals surface area (Å²) < 4.78 is 10.7. The fourth-order valence-electron chi connectivity index (χ4n) is 3.91. The molecule has 0 spiro atoms. The van der Waals surface area contributed by atoms with Gasteiger partial charge >= 0.3 is 0 Å². The molecule has 0 amide bonds. The van der Waals surface area contributed by atoms with Crippen LogP contribution in [0.2, 0.25) is 0 Å². The molecule has 0 aliphatic heterocycles. The van der Waals surface area contributed by atoms with Gasteiger partial charge in [0.25, 0.3) is 0 Å². The minimum Gasteiger partial charge on any atom is -0.499 e. The van der Waals surface area contributed by atoms with Crippen molar-refractivity contribution in [3.63, 3.8) is 0 Å². The third kappa shape index (κ3) is 7.27. The molecule has 0 radical (unpaired) electrons. The maximum Gasteiger partial charge on any atom is 0.113 e. The molecular weight excluding hydrogens is 388 g/mol. The molecule has 0 heterocycles. The van der Waals surface area contributed by atoms with Crippen LogP contribution in [-0.4, -0.2) is 35.6 Å². The molecule has 168 valence electrons. The highest BCUT2D eigenvalue weighted by Crippen LogP contribution is 2.36. The molecule has 31 heavy (non-hydrogen) atoms. The molecule has 2 N–H and O–H groups in total. The number of ether oxygens (including phenoxy) is 2. The van der Waals surface area contributed by atoms with E-state index in [2.05, 4.69) is 38.1 Å². The molecule has 2 rings (SSSR count). The Bertz CT molecular complexity index is 784. The first-order valence-corrected chi connectivity index (χ1v) is 10.9. The smallest absolute Gasteiger partial charge is 0.113 e. The second kappa shape index (κ2) is 12.3. The second-order valence-electron chi connectivity index (χ2n) is 8.26. The predicted octanol–water partition coefficient (Wildman–Crippen LogP) is 4.92. The van der Waals surface area contributed by atoms with E-state index in [1.165, 1.54) is 0 Å². The van der Waals surface area contributed by atoms with Crippen molar-refractivity contribution in [2.75, 3.05) is 13.2 Å². The number of aliphatic hydroxyl groups excluding tert-OH is 2. The van der Waals surface area contributed by atoms with Crippen LogP contribution < -0.4 is 0 Å². The molecule has 0 aromatic heterocycles. The third-order valence-corrected chi connectivity index (χ3v) is 5.33. The molecule has 2 aromatic carbocycles. The molecule has 2 aromatic rings. The lowest BCUT2D eigenvalue weighted by Crippen LogP contribution is -2.27. The van der Waals surface area contributed by atoms with Gasteiger partial charge in [0, 0.05) is 18.3 Å². The zero-order chi connectivity index (χ0) is 22.7. The summed E-state index contributed by atoms with van der Waals surface area (Å²) in [7, 11) is 0. The molecule has 0 fully saturated rings. The van der Waals surface area contributed by atoms with Crippen molar-refractivity contribution in [3.05, 3.63) is 95.5 Å². The van der Waals surface area contributed by atoms with E-state index in [1.54, 1.807) is 24.7 Å². The fraction of sp³-hybridized carbons (Fsp3) is 0.407. The Balaban J connectivity index is 2.28. The number of benzene rings is 2. The number of rotatable bonds is 12. The lowest BCUT2D eigenvalue weighted by atomic mass is 9.73. The van der Waals surface area contributed by atoms with E-state index < -0.39 is 12.2 Å². The molecule has 0 saturated carbocycles. The first-order chi connectivity index (χ1) is 14.9. The molecule has 0 aliphatic carbocycles. The highest BCUT2D eigenvalue weighted by Gasteiger charge is 2.29. The molecular formula is C27H36O4. The quantitative estimate of drug-likeness (QED) is 0.475. The van der Waals surface area contributed by atoms with Crippen LogP contribution >= 0.6 is 0 Å². The minimum absolute atomic E-state index is 0.258. The topological polar surface area (TPSA) is 58.9 Å². The van der Waals surface area contributed by atoms with Gasteiger partial charge in [-0.05, 0) is 36.1 Å². The van der Waals surface area contributed by atoms with Gasteiger partial charge in [0.2, 0.25) is 0 Å². The summed E-state index contributed by atoms with van der Waals surface area (Å²) in [6.07, 6.45) is 6.65. The molecule has 2 atom stereocenters. The van der Waals surface area contributed by atoms with Crippen LogP contribution in [0.1, 0.15) is 49.9 Å². The van der Waals surface area contributed by atoms with E-state index in [4.69, 9.17) is 9.47 Å². The normalized spacial score (nSPS) is 14.1. The number of allylic oxidation sites excluding steroid dienone is 2. The summed E-state index contributed by atoms with van der Waals surface area (Å²) in [4.78, 5) is 0. The summed E-state index contributed by atoms with van der Waals surface area (Å²) in [6, 6.07) is 16.5. The minimum atomic E-state index is -0.589. The maximum atomic E-state index is 10.5. The van der Waals surface area contributed by atoms with Crippen molar-refractivity contribution in [2.45, 2.75) is 58.2 Å². The fourth-order valence-corrected chi connectivity index (χ4v) is 3.91.